The van der Waals surface area contributed by atoms with Crippen molar-refractivity contribution >= 4 is 11.6 Å². The summed E-state index contributed by atoms with van der Waals surface area (Å²) in [7, 11) is 0. The van der Waals surface area contributed by atoms with Crippen molar-refractivity contribution in [2.24, 2.45) is 5.73 Å². The van der Waals surface area contributed by atoms with Gasteiger partial charge in [-0.05, 0) is 56.5 Å². The van der Waals surface area contributed by atoms with E-state index in [2.05, 4.69) is 10.2 Å². The van der Waals surface area contributed by atoms with E-state index in [-0.39, 0.29) is 18.0 Å². The SMILES string of the molecule is Nc1cc(C(=O)NC2CCCCC2N)ccc1CN1CCCC1. The van der Waals surface area contributed by atoms with Crippen molar-refractivity contribution in [2.75, 3.05) is 18.8 Å². The molecule has 1 aliphatic heterocycles. The van der Waals surface area contributed by atoms with Gasteiger partial charge in [0.1, 0.15) is 0 Å². The summed E-state index contributed by atoms with van der Waals surface area (Å²) in [6.07, 6.45) is 6.78. The van der Waals surface area contributed by atoms with Crippen LogP contribution in [0.25, 0.3) is 0 Å². The van der Waals surface area contributed by atoms with Crippen LogP contribution in [0.3, 0.4) is 0 Å². The highest BCUT2D eigenvalue weighted by Crippen LogP contribution is 2.21. The lowest BCUT2D eigenvalue weighted by atomic mass is 9.91. The van der Waals surface area contributed by atoms with E-state index in [4.69, 9.17) is 11.5 Å². The second-order valence-electron chi connectivity index (χ2n) is 6.93. The largest absolute Gasteiger partial charge is 0.398 e. The Labute approximate surface area is 138 Å². The Morgan fingerprint density at radius 2 is 1.91 bits per heavy atom. The summed E-state index contributed by atoms with van der Waals surface area (Å²) in [6, 6.07) is 5.82. The highest BCUT2D eigenvalue weighted by Gasteiger charge is 2.24. The van der Waals surface area contributed by atoms with Gasteiger partial charge in [0.25, 0.3) is 5.91 Å². The third-order valence-electron chi connectivity index (χ3n) is 5.14. The number of benzene rings is 1. The Bertz CT molecular complexity index is 554. The van der Waals surface area contributed by atoms with Crippen LogP contribution >= 0.6 is 0 Å². The van der Waals surface area contributed by atoms with Crippen LogP contribution in [0.15, 0.2) is 18.2 Å². The first kappa shape index (κ1) is 16.3. The molecule has 0 aromatic heterocycles. The Balaban J connectivity index is 1.63. The molecule has 1 heterocycles. The summed E-state index contributed by atoms with van der Waals surface area (Å²) in [5, 5.41) is 3.07. The van der Waals surface area contributed by atoms with Gasteiger partial charge >= 0.3 is 0 Å². The normalized spacial score (nSPS) is 25.4. The van der Waals surface area contributed by atoms with E-state index in [1.165, 1.54) is 12.8 Å². The molecule has 0 bridgehead atoms. The summed E-state index contributed by atoms with van der Waals surface area (Å²) in [5.74, 6) is -0.0632. The molecule has 2 aliphatic rings. The average Bonchev–Trinajstić information content (AvgIpc) is 3.04. The van der Waals surface area contributed by atoms with Gasteiger partial charge in [-0.25, -0.2) is 0 Å². The lowest BCUT2D eigenvalue weighted by Gasteiger charge is -2.29. The predicted molar refractivity (Wildman–Crippen MR) is 93.1 cm³/mol. The molecule has 126 valence electrons. The van der Waals surface area contributed by atoms with Crippen LogP contribution in [0.5, 0.6) is 0 Å². The molecule has 1 saturated heterocycles. The lowest BCUT2D eigenvalue weighted by molar-refractivity contribution is 0.0921. The summed E-state index contributed by atoms with van der Waals surface area (Å²) in [5.41, 5.74) is 14.7. The molecular weight excluding hydrogens is 288 g/mol. The molecule has 23 heavy (non-hydrogen) atoms. The van der Waals surface area contributed by atoms with Gasteiger partial charge in [-0.15, -0.1) is 0 Å². The van der Waals surface area contributed by atoms with Crippen molar-refractivity contribution in [3.05, 3.63) is 29.3 Å². The lowest BCUT2D eigenvalue weighted by Crippen LogP contribution is -2.49. The van der Waals surface area contributed by atoms with Crippen molar-refractivity contribution in [1.82, 2.24) is 10.2 Å². The van der Waals surface area contributed by atoms with Crippen molar-refractivity contribution in [2.45, 2.75) is 57.2 Å². The number of rotatable bonds is 4. The number of likely N-dealkylation sites (tertiary alicyclic amines) is 1. The molecule has 0 radical (unpaired) electrons. The molecule has 2 unspecified atom stereocenters. The summed E-state index contributed by atoms with van der Waals surface area (Å²) in [4.78, 5) is 14.8. The standard InChI is InChI=1S/C18H28N4O/c19-15-5-1-2-6-17(15)21-18(23)13-7-8-14(16(20)11-13)12-22-9-3-4-10-22/h7-8,11,15,17H,1-6,9-10,12,19-20H2,(H,21,23). The molecule has 5 heteroatoms. The molecule has 5 nitrogen and oxygen atoms in total. The molecule has 2 atom stereocenters. The fourth-order valence-electron chi connectivity index (χ4n) is 3.65. The Hall–Kier alpha value is -1.59. The van der Waals surface area contributed by atoms with Crippen LogP contribution in [-0.2, 0) is 6.54 Å². The fourth-order valence-corrected chi connectivity index (χ4v) is 3.65. The van der Waals surface area contributed by atoms with Gasteiger partial charge in [-0.1, -0.05) is 18.9 Å². The molecule has 2 fully saturated rings. The van der Waals surface area contributed by atoms with Gasteiger partial charge < -0.3 is 16.8 Å². The van der Waals surface area contributed by atoms with Gasteiger partial charge in [0.2, 0.25) is 0 Å². The third-order valence-corrected chi connectivity index (χ3v) is 5.14. The maximum atomic E-state index is 12.4. The maximum absolute atomic E-state index is 12.4. The Morgan fingerprint density at radius 1 is 1.17 bits per heavy atom. The number of anilines is 1. The monoisotopic (exact) mass is 316 g/mol. The number of carbonyl (C=O) groups is 1. The van der Waals surface area contributed by atoms with Crippen LogP contribution in [0.1, 0.15) is 54.4 Å². The number of carbonyl (C=O) groups excluding carboxylic acids is 1. The van der Waals surface area contributed by atoms with Crippen molar-refractivity contribution in [1.29, 1.82) is 0 Å². The van der Waals surface area contributed by atoms with Crippen LogP contribution in [-0.4, -0.2) is 36.0 Å². The molecule has 3 rings (SSSR count). The Kier molecular flexibility index (Phi) is 5.18. The van der Waals surface area contributed by atoms with Crippen LogP contribution < -0.4 is 16.8 Å². The number of nitrogen functional groups attached to an aromatic ring is 1. The highest BCUT2D eigenvalue weighted by atomic mass is 16.1. The van der Waals surface area contributed by atoms with E-state index in [1.807, 2.05) is 12.1 Å². The van der Waals surface area contributed by atoms with Gasteiger partial charge in [-0.3, -0.25) is 9.69 Å². The fraction of sp³-hybridized carbons (Fsp3) is 0.611. The molecule has 1 saturated carbocycles. The third kappa shape index (κ3) is 4.03. The van der Waals surface area contributed by atoms with Crippen molar-refractivity contribution in [3.63, 3.8) is 0 Å². The molecule has 5 N–H and O–H groups in total. The zero-order valence-corrected chi connectivity index (χ0v) is 13.8. The average molecular weight is 316 g/mol. The number of nitrogens with zero attached hydrogens (tertiary/aromatic N) is 1. The number of amides is 1. The minimum atomic E-state index is -0.0632. The van der Waals surface area contributed by atoms with Crippen LogP contribution in [0, 0.1) is 0 Å². The quantitative estimate of drug-likeness (QED) is 0.740. The van der Waals surface area contributed by atoms with Crippen molar-refractivity contribution in [3.8, 4) is 0 Å². The van der Waals surface area contributed by atoms with Gasteiger partial charge in [0.05, 0.1) is 0 Å². The van der Waals surface area contributed by atoms with E-state index in [0.29, 0.717) is 11.3 Å². The zero-order valence-electron chi connectivity index (χ0n) is 13.8. The van der Waals surface area contributed by atoms with Crippen LogP contribution in [0.4, 0.5) is 5.69 Å². The second kappa shape index (κ2) is 7.32. The van der Waals surface area contributed by atoms with Crippen LogP contribution in [0.2, 0.25) is 0 Å². The summed E-state index contributed by atoms with van der Waals surface area (Å²) >= 11 is 0. The Morgan fingerprint density at radius 3 is 2.61 bits per heavy atom. The van der Waals surface area contributed by atoms with E-state index >= 15 is 0 Å². The first-order chi connectivity index (χ1) is 11.1. The second-order valence-corrected chi connectivity index (χ2v) is 6.93. The van der Waals surface area contributed by atoms with Gasteiger partial charge in [0, 0.05) is 29.9 Å². The van der Waals surface area contributed by atoms with Crippen molar-refractivity contribution < 1.29 is 4.79 Å². The maximum Gasteiger partial charge on any atom is 0.251 e. The first-order valence-corrected chi connectivity index (χ1v) is 8.80. The smallest absolute Gasteiger partial charge is 0.251 e. The summed E-state index contributed by atoms with van der Waals surface area (Å²) < 4.78 is 0. The van der Waals surface area contributed by atoms with Gasteiger partial charge in [0.15, 0.2) is 0 Å². The highest BCUT2D eigenvalue weighted by molar-refractivity contribution is 5.95. The zero-order chi connectivity index (χ0) is 16.2. The van der Waals surface area contributed by atoms with E-state index in [0.717, 1.165) is 50.9 Å². The van der Waals surface area contributed by atoms with E-state index < -0.39 is 0 Å². The predicted octanol–water partition coefficient (Wildman–Crippen LogP) is 1.86. The number of hydrogen-bond acceptors (Lipinski definition) is 4. The minimum Gasteiger partial charge on any atom is -0.398 e. The van der Waals surface area contributed by atoms with Gasteiger partial charge in [-0.2, -0.15) is 0 Å². The molecule has 1 aromatic rings. The molecular formula is C18H28N4O. The molecule has 1 aromatic carbocycles. The molecule has 1 amide bonds. The van der Waals surface area contributed by atoms with E-state index in [9.17, 15) is 4.79 Å². The van der Waals surface area contributed by atoms with E-state index in [1.54, 1.807) is 6.07 Å². The summed E-state index contributed by atoms with van der Waals surface area (Å²) in [6.45, 7) is 3.16. The number of nitrogens with two attached hydrogens (primary N) is 2. The first-order valence-electron chi connectivity index (χ1n) is 8.80. The topological polar surface area (TPSA) is 84.4 Å². The molecule has 1 aliphatic carbocycles. The molecule has 0 spiro atoms. The minimum absolute atomic E-state index is 0.0632. The number of nitrogens with one attached hydrogen (secondary N) is 1. The number of hydrogen-bond donors (Lipinski definition) is 3.